The van der Waals surface area contributed by atoms with E-state index in [2.05, 4.69) is 5.32 Å². The van der Waals surface area contributed by atoms with E-state index in [4.69, 9.17) is 0 Å². The minimum atomic E-state index is -0.325. The van der Waals surface area contributed by atoms with Crippen LogP contribution in [0.15, 0.2) is 0 Å². The standard InChI is InChI=1S/C11H17NO3S2.H2/c1-7(2)9(13)5-16-6-10(14)12-8-3-4-17-11(8)15;/h7-8H,3-6H2,1-2H3,(H,12,14);1H. The van der Waals surface area contributed by atoms with Gasteiger partial charge in [0.25, 0.3) is 0 Å². The summed E-state index contributed by atoms with van der Waals surface area (Å²) in [5.41, 5.74) is 0. The molecule has 1 unspecified atom stereocenters. The Kier molecular flexibility index (Phi) is 6.05. The molecule has 0 bridgehead atoms. The molecule has 1 amide bonds. The van der Waals surface area contributed by atoms with E-state index in [1.807, 2.05) is 13.8 Å². The van der Waals surface area contributed by atoms with E-state index in [-0.39, 0.29) is 35.9 Å². The quantitative estimate of drug-likeness (QED) is 0.794. The van der Waals surface area contributed by atoms with Crippen molar-refractivity contribution in [1.82, 2.24) is 5.32 Å². The van der Waals surface area contributed by atoms with Crippen LogP contribution in [0.4, 0.5) is 0 Å². The maximum absolute atomic E-state index is 11.5. The van der Waals surface area contributed by atoms with Crippen molar-refractivity contribution in [3.05, 3.63) is 0 Å². The number of thioether (sulfide) groups is 2. The molecule has 1 rings (SSSR count). The first-order chi connectivity index (χ1) is 8.00. The molecule has 0 spiro atoms. The van der Waals surface area contributed by atoms with Crippen LogP contribution in [0.25, 0.3) is 0 Å². The highest BCUT2D eigenvalue weighted by molar-refractivity contribution is 8.14. The van der Waals surface area contributed by atoms with Gasteiger partial charge in [-0.3, -0.25) is 14.4 Å². The van der Waals surface area contributed by atoms with Crippen LogP contribution in [0.5, 0.6) is 0 Å². The lowest BCUT2D eigenvalue weighted by Gasteiger charge is -2.09. The van der Waals surface area contributed by atoms with Crippen molar-refractivity contribution in [2.45, 2.75) is 26.3 Å². The maximum Gasteiger partial charge on any atom is 0.230 e. The van der Waals surface area contributed by atoms with Gasteiger partial charge in [-0.2, -0.15) is 0 Å². The number of carbonyl (C=O) groups excluding carboxylic acids is 3. The topological polar surface area (TPSA) is 63.2 Å². The van der Waals surface area contributed by atoms with Crippen molar-refractivity contribution in [3.63, 3.8) is 0 Å². The third-order valence-corrected chi connectivity index (χ3v) is 4.36. The number of rotatable bonds is 6. The molecule has 17 heavy (non-hydrogen) atoms. The molecule has 0 aromatic rings. The number of ketones is 1. The summed E-state index contributed by atoms with van der Waals surface area (Å²) in [4.78, 5) is 34.1. The largest absolute Gasteiger partial charge is 0.345 e. The summed E-state index contributed by atoms with van der Waals surface area (Å²) in [6, 6.07) is -0.325. The van der Waals surface area contributed by atoms with Crippen molar-refractivity contribution < 1.29 is 15.8 Å². The molecule has 98 valence electrons. The Labute approximate surface area is 111 Å². The van der Waals surface area contributed by atoms with Gasteiger partial charge in [-0.15, -0.1) is 11.8 Å². The van der Waals surface area contributed by atoms with Crippen molar-refractivity contribution in [2.24, 2.45) is 5.92 Å². The second-order valence-corrected chi connectivity index (χ2v) is 6.27. The highest BCUT2D eigenvalue weighted by Crippen LogP contribution is 2.19. The van der Waals surface area contributed by atoms with Gasteiger partial charge in [0.05, 0.1) is 17.5 Å². The predicted molar refractivity (Wildman–Crippen MR) is 73.3 cm³/mol. The normalized spacial score (nSPS) is 19.7. The molecular formula is C11H19NO3S2. The summed E-state index contributed by atoms with van der Waals surface area (Å²) in [6.45, 7) is 3.69. The third-order valence-electron chi connectivity index (χ3n) is 2.39. The fourth-order valence-electron chi connectivity index (χ4n) is 1.27. The van der Waals surface area contributed by atoms with Gasteiger partial charge >= 0.3 is 0 Å². The molecule has 1 aliphatic heterocycles. The van der Waals surface area contributed by atoms with Gasteiger partial charge in [0, 0.05) is 13.1 Å². The van der Waals surface area contributed by atoms with E-state index >= 15 is 0 Å². The summed E-state index contributed by atoms with van der Waals surface area (Å²) in [5.74, 6) is 1.38. The minimum absolute atomic E-state index is 0. The Balaban J connectivity index is 0.00000289. The zero-order valence-electron chi connectivity index (χ0n) is 10.0. The SMILES string of the molecule is CC(C)C(=O)CSCC(=O)NC1CCSC1=O.[HH]. The van der Waals surface area contributed by atoms with Crippen LogP contribution in [0.2, 0.25) is 0 Å². The van der Waals surface area contributed by atoms with E-state index in [0.717, 1.165) is 5.75 Å². The Morgan fingerprint density at radius 2 is 2.24 bits per heavy atom. The van der Waals surface area contributed by atoms with E-state index in [0.29, 0.717) is 12.2 Å². The Bertz CT molecular complexity index is 323. The highest BCUT2D eigenvalue weighted by Gasteiger charge is 2.26. The molecule has 1 aliphatic rings. The molecule has 0 aliphatic carbocycles. The van der Waals surface area contributed by atoms with Crippen molar-refractivity contribution >= 4 is 40.3 Å². The van der Waals surface area contributed by atoms with Crippen LogP contribution >= 0.6 is 23.5 Å². The summed E-state index contributed by atoms with van der Waals surface area (Å²) in [6.07, 6.45) is 0.713. The zero-order valence-corrected chi connectivity index (χ0v) is 11.7. The second kappa shape index (κ2) is 7.06. The number of hydrogen-bond acceptors (Lipinski definition) is 5. The molecule has 6 heteroatoms. The van der Waals surface area contributed by atoms with Crippen molar-refractivity contribution in [1.29, 1.82) is 0 Å². The lowest BCUT2D eigenvalue weighted by Crippen LogP contribution is -2.38. The van der Waals surface area contributed by atoms with Gasteiger partial charge in [0.2, 0.25) is 11.0 Å². The van der Waals surface area contributed by atoms with E-state index in [1.165, 1.54) is 23.5 Å². The fraction of sp³-hybridized carbons (Fsp3) is 0.727. The molecule has 1 fully saturated rings. The van der Waals surface area contributed by atoms with Gasteiger partial charge in [-0.25, -0.2) is 0 Å². The van der Waals surface area contributed by atoms with Crippen LogP contribution in [0.3, 0.4) is 0 Å². The smallest absolute Gasteiger partial charge is 0.230 e. The molecule has 1 atom stereocenters. The average molecular weight is 277 g/mol. The van der Waals surface area contributed by atoms with Crippen LogP contribution in [-0.2, 0) is 14.4 Å². The first-order valence-corrected chi connectivity index (χ1v) is 7.71. The molecule has 1 N–H and O–H groups in total. The molecule has 0 aromatic carbocycles. The summed E-state index contributed by atoms with van der Waals surface area (Å²) >= 11 is 2.57. The number of hydrogen-bond donors (Lipinski definition) is 1. The first kappa shape index (κ1) is 14.6. The Hall–Kier alpha value is -0.490. The summed E-state index contributed by atoms with van der Waals surface area (Å²) in [5, 5.41) is 2.73. The molecule has 1 heterocycles. The molecule has 1 saturated heterocycles. The highest BCUT2D eigenvalue weighted by atomic mass is 32.2. The van der Waals surface area contributed by atoms with E-state index < -0.39 is 0 Å². The van der Waals surface area contributed by atoms with Gasteiger partial charge < -0.3 is 5.32 Å². The van der Waals surface area contributed by atoms with E-state index in [9.17, 15) is 14.4 Å². The number of carbonyl (C=O) groups is 3. The molecular weight excluding hydrogens is 258 g/mol. The molecule has 4 nitrogen and oxygen atoms in total. The first-order valence-electron chi connectivity index (χ1n) is 5.57. The fourth-order valence-corrected chi connectivity index (χ4v) is 3.11. The molecule has 0 radical (unpaired) electrons. The minimum Gasteiger partial charge on any atom is -0.345 e. The number of Topliss-reactive ketones (excluding diaryl/α,β-unsaturated/α-hetero) is 1. The van der Waals surface area contributed by atoms with Gasteiger partial charge in [-0.1, -0.05) is 25.6 Å². The van der Waals surface area contributed by atoms with Gasteiger partial charge in [-0.05, 0) is 6.42 Å². The van der Waals surface area contributed by atoms with Crippen molar-refractivity contribution in [3.8, 4) is 0 Å². The maximum atomic E-state index is 11.5. The summed E-state index contributed by atoms with van der Waals surface area (Å²) < 4.78 is 0. The second-order valence-electron chi connectivity index (χ2n) is 4.19. The monoisotopic (exact) mass is 277 g/mol. The lowest BCUT2D eigenvalue weighted by atomic mass is 10.1. The van der Waals surface area contributed by atoms with Gasteiger partial charge in [0.1, 0.15) is 5.78 Å². The van der Waals surface area contributed by atoms with Crippen LogP contribution < -0.4 is 5.32 Å². The van der Waals surface area contributed by atoms with E-state index in [1.54, 1.807) is 0 Å². The zero-order chi connectivity index (χ0) is 12.8. The average Bonchev–Trinajstić information content (AvgIpc) is 2.64. The predicted octanol–water partition coefficient (Wildman–Crippen LogP) is 1.34. The number of amides is 1. The molecule has 0 saturated carbocycles. The van der Waals surface area contributed by atoms with Crippen LogP contribution in [0.1, 0.15) is 21.7 Å². The van der Waals surface area contributed by atoms with Crippen LogP contribution in [-0.4, -0.2) is 40.1 Å². The van der Waals surface area contributed by atoms with Gasteiger partial charge in [0.15, 0.2) is 0 Å². The lowest BCUT2D eigenvalue weighted by molar-refractivity contribution is -0.122. The summed E-state index contributed by atoms with van der Waals surface area (Å²) in [7, 11) is 0. The third kappa shape index (κ3) is 5.12. The Morgan fingerprint density at radius 1 is 1.53 bits per heavy atom. The number of nitrogens with one attached hydrogen (secondary N) is 1. The van der Waals surface area contributed by atoms with Crippen LogP contribution in [0, 0.1) is 5.92 Å². The van der Waals surface area contributed by atoms with Crippen molar-refractivity contribution in [2.75, 3.05) is 17.3 Å². The molecule has 0 aromatic heterocycles. The Morgan fingerprint density at radius 3 is 2.76 bits per heavy atom.